The highest BCUT2D eigenvalue weighted by Crippen LogP contribution is 2.64. The quantitative estimate of drug-likeness (QED) is 0.145. The van der Waals surface area contributed by atoms with Gasteiger partial charge in [-0.25, -0.2) is 0 Å². The normalized spacial score (nSPS) is 12.7. The molecule has 5 heterocycles. The lowest BCUT2D eigenvalue weighted by Gasteiger charge is -2.31. The maximum absolute atomic E-state index is 13.8. The van der Waals surface area contributed by atoms with Crippen molar-refractivity contribution in [2.24, 2.45) is 0 Å². The van der Waals surface area contributed by atoms with Gasteiger partial charge in [0.25, 0.3) is 0 Å². The first-order valence-corrected chi connectivity index (χ1v) is 37.4. The van der Waals surface area contributed by atoms with Crippen LogP contribution in [0, 0.1) is 11.3 Å². The molecule has 0 bridgehead atoms. The zero-order chi connectivity index (χ0) is 71.6. The Balaban J connectivity index is 0.981. The van der Waals surface area contributed by atoms with Gasteiger partial charge in [-0.15, -0.1) is 0 Å². The van der Waals surface area contributed by atoms with Gasteiger partial charge in [-0.05, 0) is 180 Å². The average molecular weight is 1380 g/mol. The van der Waals surface area contributed by atoms with E-state index in [2.05, 4.69) is 395 Å². The highest BCUT2D eigenvalue weighted by atomic mass is 15.1. The Kier molecular flexibility index (Phi) is 13.1. The fourth-order valence-electron chi connectivity index (χ4n) is 19.2. The number of rotatable bonds is 9. The Morgan fingerprint density at radius 2 is 0.532 bits per heavy atom. The van der Waals surface area contributed by atoms with Crippen LogP contribution in [0.2, 0.25) is 0 Å². The molecule has 21 aromatic rings. The van der Waals surface area contributed by atoms with Crippen molar-refractivity contribution in [1.82, 2.24) is 23.3 Å². The minimum absolute atomic E-state index is 0.493. The second-order valence-corrected chi connectivity index (χ2v) is 29.1. The van der Waals surface area contributed by atoms with Gasteiger partial charge >= 0.3 is 0 Å². The van der Waals surface area contributed by atoms with Crippen LogP contribution in [0.5, 0.6) is 0 Å². The van der Waals surface area contributed by atoms with Gasteiger partial charge in [0.05, 0.1) is 72.3 Å². The van der Waals surface area contributed by atoms with E-state index < -0.39 is 5.41 Å². The van der Waals surface area contributed by atoms with E-state index in [9.17, 15) is 5.26 Å². The van der Waals surface area contributed by atoms with Crippen LogP contribution in [0.1, 0.15) is 27.8 Å². The van der Waals surface area contributed by atoms with E-state index in [1.54, 1.807) is 0 Å². The largest absolute Gasteiger partial charge is 0.306 e. The first kappa shape index (κ1) is 60.7. The summed E-state index contributed by atoms with van der Waals surface area (Å²) >= 11 is 0. The van der Waals surface area contributed by atoms with Crippen molar-refractivity contribution in [2.45, 2.75) is 5.41 Å². The van der Waals surface area contributed by atoms with Crippen molar-refractivity contribution in [3.05, 3.63) is 404 Å². The van der Waals surface area contributed by atoms with Gasteiger partial charge < -0.3 is 18.3 Å². The number of nitriles is 1. The maximum atomic E-state index is 13.8. The molecule has 0 aliphatic heterocycles. The second-order valence-electron chi connectivity index (χ2n) is 29.1. The number of para-hydroxylation sites is 4. The van der Waals surface area contributed by atoms with Crippen LogP contribution in [-0.4, -0.2) is 23.3 Å². The third-order valence-corrected chi connectivity index (χ3v) is 23.7. The van der Waals surface area contributed by atoms with Crippen LogP contribution in [0.25, 0.3) is 188 Å². The van der Waals surface area contributed by atoms with Gasteiger partial charge in [-0.1, -0.05) is 279 Å². The number of hydrogen-bond donors (Lipinski definition) is 0. The topological polar surface area (TPSA) is 56.4 Å². The summed E-state index contributed by atoms with van der Waals surface area (Å²) in [5, 5.41) is 22.4. The fourth-order valence-corrected chi connectivity index (χ4v) is 19.2. The van der Waals surface area contributed by atoms with E-state index in [-0.39, 0.29) is 0 Å². The molecule has 0 saturated carbocycles. The number of aromatic nitrogens is 5. The molecule has 0 amide bonds. The Morgan fingerprint density at radius 3 is 0.908 bits per heavy atom. The van der Waals surface area contributed by atoms with E-state index in [1.165, 1.54) is 27.8 Å². The molecule has 2 aliphatic rings. The number of pyridine rings is 1. The standard InChI is InChI=1S/C103H62N6/c104-62-85-99(106-90-41-21-15-35-76(90)81-57-68(46-51-94(81)106)64-25-5-1-6-26-64)101(108-92-43-23-17-37-78(92)83-59-70(48-53-96(83)108)66-29-9-3-10-30-66)98(72-45-50-88-80(61-72)75-55-56-105-63-89(75)103(88)86-39-19-13-33-73(86)74-34-14-20-40-87(74)103)102(109-93-44-24-18-38-79(93)84-60-71(49-54-97(84)109)67-31-11-4-12-32-67)100(85)107-91-42-22-16-36-77(91)82-58-69(47-52-95(82)107)65-27-7-2-8-28-65/h1-61,63H. The fraction of sp³-hybridized carbons (Fsp3) is 0.00971. The minimum Gasteiger partial charge on any atom is -0.306 e. The molecule has 0 fully saturated rings. The SMILES string of the molecule is N#Cc1c(-n2c3ccccc3c3cc(-c4ccccc4)ccc32)c(-n2c3ccccc3c3cc(-c4ccccc4)ccc32)c(-c2ccc3c(c2)-c2ccncc2C32c3ccccc3-c3ccccc32)c(-n2c3ccccc3c3cc(-c4ccccc4)ccc32)c1-n1c2ccccc2c2cc(-c3ccccc3)ccc21. The Labute approximate surface area is 628 Å². The first-order valence-electron chi connectivity index (χ1n) is 37.4. The number of nitrogens with zero attached hydrogens (tertiary/aromatic N) is 6. The predicted molar refractivity (Wildman–Crippen MR) is 450 cm³/mol. The van der Waals surface area contributed by atoms with Crippen LogP contribution in [0.4, 0.5) is 0 Å². The maximum Gasteiger partial charge on any atom is 0.104 e. The van der Waals surface area contributed by atoms with Gasteiger partial charge in [-0.3, -0.25) is 4.98 Å². The molecule has 109 heavy (non-hydrogen) atoms. The second kappa shape index (κ2) is 23.4. The van der Waals surface area contributed by atoms with Crippen molar-refractivity contribution >= 4 is 87.2 Å². The van der Waals surface area contributed by atoms with Crippen LogP contribution in [0.3, 0.4) is 0 Å². The lowest BCUT2D eigenvalue weighted by molar-refractivity contribution is 0.788. The van der Waals surface area contributed by atoms with Crippen molar-refractivity contribution in [3.63, 3.8) is 0 Å². The zero-order valence-corrected chi connectivity index (χ0v) is 59.0. The summed E-state index contributed by atoms with van der Waals surface area (Å²) in [7, 11) is 0. The Bertz CT molecular complexity index is 7090. The summed E-state index contributed by atoms with van der Waals surface area (Å²) in [6.45, 7) is 0. The van der Waals surface area contributed by atoms with Gasteiger partial charge in [0.1, 0.15) is 11.6 Å². The molecule has 2 aliphatic carbocycles. The van der Waals surface area contributed by atoms with E-state index >= 15 is 0 Å². The number of fused-ring (bicyclic) bond motifs is 22. The van der Waals surface area contributed by atoms with Crippen molar-refractivity contribution in [2.75, 3.05) is 0 Å². The Morgan fingerprint density at radius 1 is 0.229 bits per heavy atom. The van der Waals surface area contributed by atoms with Gasteiger partial charge in [-0.2, -0.15) is 5.26 Å². The smallest absolute Gasteiger partial charge is 0.104 e. The molecule has 0 saturated heterocycles. The Hall–Kier alpha value is -14.6. The first-order chi connectivity index (χ1) is 54.1. The van der Waals surface area contributed by atoms with Crippen LogP contribution in [-0.2, 0) is 5.41 Å². The van der Waals surface area contributed by atoms with Gasteiger partial charge in [0.2, 0.25) is 0 Å². The molecule has 6 heteroatoms. The molecule has 0 N–H and O–H groups in total. The van der Waals surface area contributed by atoms with E-state index in [4.69, 9.17) is 4.98 Å². The van der Waals surface area contributed by atoms with E-state index in [1.807, 2.05) is 6.20 Å². The van der Waals surface area contributed by atoms with Crippen LogP contribution in [0.15, 0.2) is 376 Å². The van der Waals surface area contributed by atoms with Crippen LogP contribution >= 0.6 is 0 Å². The summed E-state index contributed by atoms with van der Waals surface area (Å²) in [5.74, 6) is 0. The lowest BCUT2D eigenvalue weighted by Crippen LogP contribution is -2.26. The lowest BCUT2D eigenvalue weighted by atomic mass is 9.71. The third-order valence-electron chi connectivity index (χ3n) is 23.7. The molecule has 0 unspecified atom stereocenters. The van der Waals surface area contributed by atoms with E-state index in [0.717, 1.165) is 182 Å². The number of hydrogen-bond acceptors (Lipinski definition) is 2. The molecule has 504 valence electrons. The highest BCUT2D eigenvalue weighted by Gasteiger charge is 2.52. The molecule has 0 atom stereocenters. The molecule has 1 spiro atoms. The van der Waals surface area contributed by atoms with Crippen molar-refractivity contribution in [1.29, 1.82) is 5.26 Å². The van der Waals surface area contributed by atoms with Crippen molar-refractivity contribution < 1.29 is 0 Å². The third kappa shape index (κ3) is 8.58. The highest BCUT2D eigenvalue weighted by molar-refractivity contribution is 6.19. The van der Waals surface area contributed by atoms with Crippen molar-refractivity contribution in [3.8, 4) is 107 Å². The average Bonchev–Trinajstić information content (AvgIpc) is 1.53. The molecule has 6 nitrogen and oxygen atoms in total. The van der Waals surface area contributed by atoms with Crippen LogP contribution < -0.4 is 0 Å². The summed E-state index contributed by atoms with van der Waals surface area (Å²) in [5.41, 5.74) is 31.2. The van der Waals surface area contributed by atoms with Gasteiger partial charge in [0, 0.05) is 61.0 Å². The monoisotopic (exact) mass is 1380 g/mol. The van der Waals surface area contributed by atoms with E-state index in [0.29, 0.717) is 5.56 Å². The molecule has 0 radical (unpaired) electrons. The molecule has 5 aromatic heterocycles. The summed E-state index contributed by atoms with van der Waals surface area (Å²) < 4.78 is 9.98. The summed E-state index contributed by atoms with van der Waals surface area (Å²) in [4.78, 5) is 5.05. The molecule has 16 aromatic carbocycles. The minimum atomic E-state index is -0.687. The number of benzene rings is 16. The van der Waals surface area contributed by atoms with Gasteiger partial charge in [0.15, 0.2) is 0 Å². The molecular weight excluding hydrogens is 1320 g/mol. The summed E-state index contributed by atoms with van der Waals surface area (Å²) in [6.07, 6.45) is 4.10. The molecular formula is C103H62N6. The predicted octanol–water partition coefficient (Wildman–Crippen LogP) is 26.0. The zero-order valence-electron chi connectivity index (χ0n) is 59.0. The summed E-state index contributed by atoms with van der Waals surface area (Å²) in [6, 6.07) is 137. The molecule has 23 rings (SSSR count).